The first-order valence-electron chi connectivity index (χ1n) is 5.30. The van der Waals surface area contributed by atoms with Crippen molar-refractivity contribution in [2.75, 3.05) is 5.73 Å². The van der Waals surface area contributed by atoms with Crippen LogP contribution in [0.1, 0.15) is 10.4 Å². The first-order valence-corrected chi connectivity index (χ1v) is 5.30. The minimum Gasteiger partial charge on any atom is -0.452 e. The second-order valence-corrected chi connectivity index (χ2v) is 3.77. The van der Waals surface area contributed by atoms with E-state index in [4.69, 9.17) is 16.2 Å². The predicted molar refractivity (Wildman–Crippen MR) is 65.8 cm³/mol. The van der Waals surface area contributed by atoms with E-state index in [1.54, 1.807) is 0 Å². The molecule has 19 heavy (non-hydrogen) atoms. The van der Waals surface area contributed by atoms with Crippen LogP contribution in [0.5, 0.6) is 11.5 Å². The van der Waals surface area contributed by atoms with Crippen LogP contribution in [-0.4, -0.2) is 5.91 Å². The minimum absolute atomic E-state index is 0.0297. The number of anilines is 1. The van der Waals surface area contributed by atoms with Crippen LogP contribution < -0.4 is 16.2 Å². The van der Waals surface area contributed by atoms with Gasteiger partial charge in [-0.1, -0.05) is 0 Å². The lowest BCUT2D eigenvalue weighted by Crippen LogP contribution is -2.10. The van der Waals surface area contributed by atoms with Crippen LogP contribution in [-0.2, 0) is 0 Å². The van der Waals surface area contributed by atoms with E-state index in [2.05, 4.69) is 0 Å². The van der Waals surface area contributed by atoms with E-state index in [0.717, 1.165) is 6.07 Å². The summed E-state index contributed by atoms with van der Waals surface area (Å²) in [5, 5.41) is 0. The molecule has 0 heterocycles. The molecule has 6 heteroatoms. The molecule has 0 radical (unpaired) electrons. The van der Waals surface area contributed by atoms with E-state index in [-0.39, 0.29) is 17.0 Å². The zero-order valence-electron chi connectivity index (χ0n) is 9.69. The number of halogens is 2. The zero-order valence-corrected chi connectivity index (χ0v) is 9.69. The smallest absolute Gasteiger partial charge is 0.248 e. The van der Waals surface area contributed by atoms with E-state index in [1.807, 2.05) is 0 Å². The molecular weight excluding hydrogens is 254 g/mol. The van der Waals surface area contributed by atoms with Crippen molar-refractivity contribution >= 4 is 11.6 Å². The average Bonchev–Trinajstić information content (AvgIpc) is 2.40. The van der Waals surface area contributed by atoms with Gasteiger partial charge in [0.2, 0.25) is 11.7 Å². The summed E-state index contributed by atoms with van der Waals surface area (Å²) >= 11 is 0. The van der Waals surface area contributed by atoms with E-state index >= 15 is 0 Å². The number of rotatable bonds is 3. The van der Waals surface area contributed by atoms with Gasteiger partial charge in [0.25, 0.3) is 0 Å². The number of amides is 1. The molecular formula is C13H10F2N2O2. The van der Waals surface area contributed by atoms with Crippen LogP contribution >= 0.6 is 0 Å². The maximum Gasteiger partial charge on any atom is 0.248 e. The Morgan fingerprint density at radius 2 is 1.68 bits per heavy atom. The molecule has 1 amide bonds. The highest BCUT2D eigenvalue weighted by Gasteiger charge is 2.14. The lowest BCUT2D eigenvalue weighted by Gasteiger charge is -2.10. The summed E-state index contributed by atoms with van der Waals surface area (Å²) in [6.07, 6.45) is 0. The number of carbonyl (C=O) groups excluding carboxylic acids is 1. The summed E-state index contributed by atoms with van der Waals surface area (Å²) in [6, 6.07) is 7.74. The normalized spacial score (nSPS) is 10.2. The van der Waals surface area contributed by atoms with Crippen LogP contribution in [0.25, 0.3) is 0 Å². The van der Waals surface area contributed by atoms with E-state index in [0.29, 0.717) is 0 Å². The summed E-state index contributed by atoms with van der Waals surface area (Å²) in [6.45, 7) is 0. The molecule has 0 unspecified atom stereocenters. The number of benzene rings is 2. The minimum atomic E-state index is -1.17. The van der Waals surface area contributed by atoms with Crippen LogP contribution in [0, 0.1) is 11.6 Å². The number of hydrogen-bond acceptors (Lipinski definition) is 3. The van der Waals surface area contributed by atoms with Gasteiger partial charge in [0, 0.05) is 5.56 Å². The number of primary amides is 1. The Balaban J connectivity index is 2.31. The van der Waals surface area contributed by atoms with Gasteiger partial charge >= 0.3 is 0 Å². The Morgan fingerprint density at radius 3 is 2.26 bits per heavy atom. The van der Waals surface area contributed by atoms with Crippen molar-refractivity contribution < 1.29 is 18.3 Å². The van der Waals surface area contributed by atoms with Crippen molar-refractivity contribution in [2.45, 2.75) is 0 Å². The van der Waals surface area contributed by atoms with Crippen LogP contribution in [0.4, 0.5) is 14.5 Å². The SMILES string of the molecule is NC(=O)c1ccc(Oc2c(N)ccc(F)c2F)cc1. The lowest BCUT2D eigenvalue weighted by molar-refractivity contribution is 0.100. The van der Waals surface area contributed by atoms with Crippen molar-refractivity contribution in [1.29, 1.82) is 0 Å². The van der Waals surface area contributed by atoms with Crippen LogP contribution in [0.3, 0.4) is 0 Å². The third kappa shape index (κ3) is 2.62. The fourth-order valence-corrected chi connectivity index (χ4v) is 1.46. The molecule has 0 atom stereocenters. The maximum absolute atomic E-state index is 13.5. The summed E-state index contributed by atoms with van der Waals surface area (Å²) < 4.78 is 31.7. The molecule has 0 fully saturated rings. The molecule has 4 N–H and O–H groups in total. The molecule has 2 aromatic rings. The Kier molecular flexibility index (Phi) is 3.33. The van der Waals surface area contributed by atoms with Gasteiger partial charge in [-0.25, -0.2) is 4.39 Å². The van der Waals surface area contributed by atoms with Crippen molar-refractivity contribution in [1.82, 2.24) is 0 Å². The molecule has 0 spiro atoms. The van der Waals surface area contributed by atoms with E-state index < -0.39 is 23.3 Å². The molecule has 0 aliphatic rings. The molecule has 2 aromatic carbocycles. The van der Waals surface area contributed by atoms with Crippen LogP contribution in [0.15, 0.2) is 36.4 Å². The maximum atomic E-state index is 13.5. The van der Waals surface area contributed by atoms with Crippen molar-refractivity contribution in [3.63, 3.8) is 0 Å². The Hall–Kier alpha value is -2.63. The molecule has 0 saturated carbocycles. The molecule has 0 aromatic heterocycles. The fraction of sp³-hybridized carbons (Fsp3) is 0. The molecule has 4 nitrogen and oxygen atoms in total. The molecule has 2 rings (SSSR count). The fourth-order valence-electron chi connectivity index (χ4n) is 1.46. The third-order valence-corrected chi connectivity index (χ3v) is 2.44. The number of carbonyl (C=O) groups is 1. The average molecular weight is 264 g/mol. The number of ether oxygens (including phenoxy) is 1. The topological polar surface area (TPSA) is 78.3 Å². The molecule has 0 aliphatic heterocycles. The highest BCUT2D eigenvalue weighted by molar-refractivity contribution is 5.92. The molecule has 0 bridgehead atoms. The number of hydrogen-bond donors (Lipinski definition) is 2. The Morgan fingerprint density at radius 1 is 1.05 bits per heavy atom. The zero-order chi connectivity index (χ0) is 14.0. The van der Waals surface area contributed by atoms with Gasteiger partial charge in [0.15, 0.2) is 11.6 Å². The van der Waals surface area contributed by atoms with Gasteiger partial charge in [0.05, 0.1) is 5.69 Å². The van der Waals surface area contributed by atoms with Crippen molar-refractivity contribution in [2.24, 2.45) is 5.73 Å². The lowest BCUT2D eigenvalue weighted by atomic mass is 10.2. The second-order valence-electron chi connectivity index (χ2n) is 3.77. The van der Waals surface area contributed by atoms with Gasteiger partial charge in [0.1, 0.15) is 5.75 Å². The van der Waals surface area contributed by atoms with E-state index in [9.17, 15) is 13.6 Å². The van der Waals surface area contributed by atoms with Gasteiger partial charge in [-0.05, 0) is 36.4 Å². The second kappa shape index (κ2) is 4.93. The Labute approximate surface area is 107 Å². The standard InChI is InChI=1S/C13H10F2N2O2/c14-9-5-6-10(16)12(11(9)15)19-8-3-1-7(2-4-8)13(17)18/h1-6H,16H2,(H2,17,18). The van der Waals surface area contributed by atoms with Gasteiger partial charge < -0.3 is 16.2 Å². The number of nitrogens with two attached hydrogens (primary N) is 2. The first-order chi connectivity index (χ1) is 8.99. The summed E-state index contributed by atoms with van der Waals surface area (Å²) in [7, 11) is 0. The van der Waals surface area contributed by atoms with Gasteiger partial charge in [-0.3, -0.25) is 4.79 Å². The largest absolute Gasteiger partial charge is 0.452 e. The quantitative estimate of drug-likeness (QED) is 0.836. The van der Waals surface area contributed by atoms with Gasteiger partial charge in [-0.15, -0.1) is 0 Å². The molecule has 0 saturated heterocycles. The first kappa shape index (κ1) is 12.8. The molecule has 0 aliphatic carbocycles. The molecule has 98 valence electrons. The van der Waals surface area contributed by atoms with E-state index in [1.165, 1.54) is 30.3 Å². The predicted octanol–water partition coefficient (Wildman–Crippen LogP) is 2.44. The third-order valence-electron chi connectivity index (χ3n) is 2.44. The highest BCUT2D eigenvalue weighted by atomic mass is 19.2. The monoisotopic (exact) mass is 264 g/mol. The van der Waals surface area contributed by atoms with Crippen LogP contribution in [0.2, 0.25) is 0 Å². The number of nitrogen functional groups attached to an aromatic ring is 1. The summed E-state index contributed by atoms with van der Waals surface area (Å²) in [5.41, 5.74) is 10.8. The Bertz CT molecular complexity index is 627. The van der Waals surface area contributed by atoms with Gasteiger partial charge in [-0.2, -0.15) is 4.39 Å². The van der Waals surface area contributed by atoms with Crippen molar-refractivity contribution in [3.8, 4) is 11.5 Å². The highest BCUT2D eigenvalue weighted by Crippen LogP contribution is 2.31. The summed E-state index contributed by atoms with van der Waals surface area (Å²) in [5.74, 6) is -3.01. The summed E-state index contributed by atoms with van der Waals surface area (Å²) in [4.78, 5) is 10.9. The van der Waals surface area contributed by atoms with Crippen molar-refractivity contribution in [3.05, 3.63) is 53.6 Å².